The van der Waals surface area contributed by atoms with Gasteiger partial charge in [0, 0.05) is 25.1 Å². The van der Waals surface area contributed by atoms with E-state index in [1.165, 1.54) is 13.8 Å². The monoisotopic (exact) mass is 234 g/mol. The molecule has 90 valence electrons. The third-order valence-corrected chi connectivity index (χ3v) is 2.00. The molecule has 0 bridgehead atoms. The van der Waals surface area contributed by atoms with Gasteiger partial charge in [0.1, 0.15) is 0 Å². The van der Waals surface area contributed by atoms with E-state index in [0.29, 0.717) is 11.3 Å². The minimum atomic E-state index is -0.253. The molecule has 0 saturated heterocycles. The highest BCUT2D eigenvalue weighted by Crippen LogP contribution is 2.10. The lowest BCUT2D eigenvalue weighted by Crippen LogP contribution is -2.27. The maximum absolute atomic E-state index is 11.7. The van der Waals surface area contributed by atoms with E-state index in [1.54, 1.807) is 24.3 Å². The van der Waals surface area contributed by atoms with Gasteiger partial charge < -0.3 is 10.6 Å². The van der Waals surface area contributed by atoms with Crippen molar-refractivity contribution in [2.24, 2.45) is 0 Å². The molecule has 1 rings (SSSR count). The summed E-state index contributed by atoms with van der Waals surface area (Å²) >= 11 is 0. The number of ketones is 1. The average Bonchev–Trinajstić information content (AvgIpc) is 2.25. The van der Waals surface area contributed by atoms with Crippen LogP contribution in [0.4, 0.5) is 5.69 Å². The number of anilines is 1. The summed E-state index contributed by atoms with van der Waals surface area (Å²) in [5.41, 5.74) is 1.01. The predicted molar refractivity (Wildman–Crippen MR) is 63.8 cm³/mol. The lowest BCUT2D eigenvalue weighted by atomic mass is 10.1. The van der Waals surface area contributed by atoms with Crippen LogP contribution in [0.2, 0.25) is 0 Å². The molecule has 1 aromatic rings. The maximum atomic E-state index is 11.7. The van der Waals surface area contributed by atoms with Gasteiger partial charge in [-0.05, 0) is 12.1 Å². The number of benzene rings is 1. The van der Waals surface area contributed by atoms with Crippen LogP contribution in [0.1, 0.15) is 24.2 Å². The van der Waals surface area contributed by atoms with Gasteiger partial charge >= 0.3 is 0 Å². The number of nitrogens with one attached hydrogen (secondary N) is 2. The van der Waals surface area contributed by atoms with E-state index >= 15 is 0 Å². The minimum Gasteiger partial charge on any atom is -0.349 e. The quantitative estimate of drug-likeness (QED) is 0.762. The first-order chi connectivity index (χ1) is 7.99. The van der Waals surface area contributed by atoms with Gasteiger partial charge in [0.25, 0.3) is 0 Å². The Morgan fingerprint density at radius 2 is 1.82 bits per heavy atom. The number of carbonyl (C=O) groups excluding carboxylic acids is 3. The molecule has 0 unspecified atom stereocenters. The van der Waals surface area contributed by atoms with E-state index in [-0.39, 0.29) is 24.1 Å². The SMILES string of the molecule is CC(=O)NCC(=O)c1cccc(NC(C)=O)c1. The van der Waals surface area contributed by atoms with Crippen LogP contribution >= 0.6 is 0 Å². The zero-order chi connectivity index (χ0) is 12.8. The largest absolute Gasteiger partial charge is 0.349 e. The number of carbonyl (C=O) groups is 3. The second-order valence-corrected chi connectivity index (χ2v) is 3.59. The first-order valence-electron chi connectivity index (χ1n) is 5.14. The minimum absolute atomic E-state index is 0.0428. The number of rotatable bonds is 4. The molecular weight excluding hydrogens is 220 g/mol. The zero-order valence-corrected chi connectivity index (χ0v) is 9.74. The van der Waals surface area contributed by atoms with E-state index in [9.17, 15) is 14.4 Å². The summed E-state index contributed by atoms with van der Waals surface area (Å²) in [5.74, 6) is -0.653. The first kappa shape index (κ1) is 12.9. The van der Waals surface area contributed by atoms with Crippen molar-refractivity contribution in [3.63, 3.8) is 0 Å². The fourth-order valence-corrected chi connectivity index (χ4v) is 1.28. The number of hydrogen-bond acceptors (Lipinski definition) is 3. The summed E-state index contributed by atoms with van der Waals surface area (Å²) in [7, 11) is 0. The molecule has 0 atom stereocenters. The summed E-state index contributed by atoms with van der Waals surface area (Å²) in [5, 5.41) is 5.01. The normalized spacial score (nSPS) is 9.53. The highest BCUT2D eigenvalue weighted by Gasteiger charge is 2.07. The molecule has 17 heavy (non-hydrogen) atoms. The standard InChI is InChI=1S/C12H14N2O3/c1-8(15)13-7-12(17)10-4-3-5-11(6-10)14-9(2)16/h3-6H,7H2,1-2H3,(H,13,15)(H,14,16). The molecule has 5 heteroatoms. The molecule has 0 aliphatic carbocycles. The van der Waals surface area contributed by atoms with Crippen LogP contribution in [-0.4, -0.2) is 24.1 Å². The Kier molecular flexibility index (Phi) is 4.39. The van der Waals surface area contributed by atoms with Crippen LogP contribution in [0.15, 0.2) is 24.3 Å². The van der Waals surface area contributed by atoms with E-state index in [2.05, 4.69) is 10.6 Å². The predicted octanol–water partition coefficient (Wildman–Crippen LogP) is 0.964. The molecule has 0 fully saturated rings. The van der Waals surface area contributed by atoms with Gasteiger partial charge in [-0.1, -0.05) is 12.1 Å². The smallest absolute Gasteiger partial charge is 0.221 e. The van der Waals surface area contributed by atoms with Gasteiger partial charge in [-0.15, -0.1) is 0 Å². The Balaban J connectivity index is 2.73. The van der Waals surface area contributed by atoms with Crippen LogP contribution < -0.4 is 10.6 Å². The molecule has 2 N–H and O–H groups in total. The van der Waals surface area contributed by atoms with Crippen molar-refractivity contribution in [1.29, 1.82) is 0 Å². The Morgan fingerprint density at radius 1 is 1.12 bits per heavy atom. The summed E-state index contributed by atoms with van der Waals surface area (Å²) < 4.78 is 0. The van der Waals surface area contributed by atoms with E-state index in [0.717, 1.165) is 0 Å². The Labute approximate surface area is 99.2 Å². The summed E-state index contributed by atoms with van der Waals surface area (Å²) in [6.07, 6.45) is 0. The molecule has 0 aliphatic rings. The van der Waals surface area contributed by atoms with Crippen molar-refractivity contribution in [1.82, 2.24) is 5.32 Å². The van der Waals surface area contributed by atoms with E-state index in [1.807, 2.05) is 0 Å². The van der Waals surface area contributed by atoms with Gasteiger partial charge in [-0.25, -0.2) is 0 Å². The molecule has 0 saturated carbocycles. The van der Waals surface area contributed by atoms with Gasteiger partial charge in [0.15, 0.2) is 5.78 Å². The lowest BCUT2D eigenvalue weighted by Gasteiger charge is -2.05. The molecule has 5 nitrogen and oxygen atoms in total. The first-order valence-corrected chi connectivity index (χ1v) is 5.14. The Bertz CT molecular complexity index is 455. The van der Waals surface area contributed by atoms with Gasteiger partial charge in [0.2, 0.25) is 11.8 Å². The number of Topliss-reactive ketones (excluding diaryl/α,β-unsaturated/α-hetero) is 1. The number of amides is 2. The third-order valence-electron chi connectivity index (χ3n) is 2.00. The average molecular weight is 234 g/mol. The van der Waals surface area contributed by atoms with Crippen molar-refractivity contribution in [3.8, 4) is 0 Å². The highest BCUT2D eigenvalue weighted by atomic mass is 16.2. The zero-order valence-electron chi connectivity index (χ0n) is 9.74. The van der Waals surface area contributed by atoms with Crippen molar-refractivity contribution in [2.45, 2.75) is 13.8 Å². The van der Waals surface area contributed by atoms with Crippen molar-refractivity contribution >= 4 is 23.3 Å². The molecule has 0 spiro atoms. The third kappa shape index (κ3) is 4.46. The Hall–Kier alpha value is -2.17. The topological polar surface area (TPSA) is 75.3 Å². The van der Waals surface area contributed by atoms with Crippen LogP contribution in [0.3, 0.4) is 0 Å². The second-order valence-electron chi connectivity index (χ2n) is 3.59. The molecule has 0 radical (unpaired) electrons. The second kappa shape index (κ2) is 5.79. The summed E-state index contributed by atoms with van der Waals surface area (Å²) in [6.45, 7) is 2.70. The fraction of sp³-hybridized carbons (Fsp3) is 0.250. The molecule has 2 amide bonds. The number of hydrogen-bond donors (Lipinski definition) is 2. The van der Waals surface area contributed by atoms with Crippen molar-refractivity contribution in [2.75, 3.05) is 11.9 Å². The molecule has 0 aromatic heterocycles. The van der Waals surface area contributed by atoms with Gasteiger partial charge in [0.05, 0.1) is 6.54 Å². The lowest BCUT2D eigenvalue weighted by molar-refractivity contribution is -0.118. The summed E-state index contributed by atoms with van der Waals surface area (Å²) in [6, 6.07) is 6.57. The molecule has 0 aliphatic heterocycles. The van der Waals surface area contributed by atoms with E-state index in [4.69, 9.17) is 0 Å². The fourth-order valence-electron chi connectivity index (χ4n) is 1.28. The molecule has 1 aromatic carbocycles. The van der Waals surface area contributed by atoms with Crippen LogP contribution in [0, 0.1) is 0 Å². The van der Waals surface area contributed by atoms with Gasteiger partial charge in [-0.2, -0.15) is 0 Å². The molecule has 0 heterocycles. The highest BCUT2D eigenvalue weighted by molar-refractivity contribution is 6.00. The van der Waals surface area contributed by atoms with Crippen molar-refractivity contribution in [3.05, 3.63) is 29.8 Å². The maximum Gasteiger partial charge on any atom is 0.221 e. The van der Waals surface area contributed by atoms with E-state index < -0.39 is 0 Å². The van der Waals surface area contributed by atoms with Crippen LogP contribution in [0.5, 0.6) is 0 Å². The Morgan fingerprint density at radius 3 is 2.41 bits per heavy atom. The van der Waals surface area contributed by atoms with Crippen molar-refractivity contribution < 1.29 is 14.4 Å². The van der Waals surface area contributed by atoms with Crippen LogP contribution in [0.25, 0.3) is 0 Å². The van der Waals surface area contributed by atoms with Gasteiger partial charge in [-0.3, -0.25) is 14.4 Å². The van der Waals surface area contributed by atoms with Crippen LogP contribution in [-0.2, 0) is 9.59 Å². The molecular formula is C12H14N2O3. The summed E-state index contributed by atoms with van der Waals surface area (Å²) in [4.78, 5) is 33.2.